The number of rotatable bonds is 39. The van der Waals surface area contributed by atoms with Crippen molar-refractivity contribution >= 4 is 12.3 Å². The van der Waals surface area contributed by atoms with Gasteiger partial charge in [0.2, 0.25) is 0 Å². The van der Waals surface area contributed by atoms with E-state index < -0.39 is 0 Å². The minimum atomic E-state index is -0.163. The Morgan fingerprint density at radius 3 is 1.12 bits per heavy atom. The first-order valence-electron chi connectivity index (χ1n) is 17.4. The predicted molar refractivity (Wildman–Crippen MR) is 181 cm³/mol. The molecule has 0 aliphatic rings. The third-order valence-electron chi connectivity index (χ3n) is 6.34. The summed E-state index contributed by atoms with van der Waals surface area (Å²) < 4.78 is 65.2. The maximum Gasteiger partial charge on any atom is 0.305 e. The highest BCUT2D eigenvalue weighted by Crippen LogP contribution is 2.10. The quantitative estimate of drug-likeness (QED) is 0.0562. The Hall–Kier alpha value is -2.24. The number of esters is 1. The van der Waals surface area contributed by atoms with Gasteiger partial charge in [-0.15, -0.1) is 0 Å². The zero-order valence-electron chi connectivity index (χ0n) is 29.5. The Balaban J connectivity index is 1.64. The topological polar surface area (TPSA) is 145 Å². The van der Waals surface area contributed by atoms with Crippen molar-refractivity contribution in [3.8, 4) is 5.75 Å². The maximum atomic E-state index is 11.5. The summed E-state index contributed by atoms with van der Waals surface area (Å²) in [6.45, 7) is 12.3. The fourth-order valence-electron chi connectivity index (χ4n) is 3.75. The predicted octanol–water partition coefficient (Wildman–Crippen LogP) is 3.17. The highest BCUT2D eigenvalue weighted by Gasteiger charge is 2.02. The molecule has 0 fully saturated rings. The van der Waals surface area contributed by atoms with Gasteiger partial charge in [0, 0.05) is 12.0 Å². The number of hydrogen-bond acceptors (Lipinski definition) is 14. The lowest BCUT2D eigenvalue weighted by atomic mass is 10.2. The van der Waals surface area contributed by atoms with Crippen LogP contribution in [0.15, 0.2) is 24.3 Å². The van der Waals surface area contributed by atoms with Gasteiger partial charge in [-0.2, -0.15) is 0 Å². The highest BCUT2D eigenvalue weighted by atomic mass is 16.6. The Bertz CT molecular complexity index is 842. The fraction of sp³-hybridized carbons (Fsp3) is 0.771. The molecule has 0 saturated carbocycles. The summed E-state index contributed by atoms with van der Waals surface area (Å²) in [6, 6.07) is 6.93. The molecule has 0 saturated heterocycles. The Labute approximate surface area is 292 Å². The number of ether oxygens (including phenoxy) is 12. The Morgan fingerprint density at radius 2 is 0.796 bits per heavy atom. The third kappa shape index (κ3) is 32.7. The second-order valence-corrected chi connectivity index (χ2v) is 10.3. The van der Waals surface area contributed by atoms with Gasteiger partial charge in [0.25, 0.3) is 0 Å². The molecule has 49 heavy (non-hydrogen) atoms. The molecular weight excluding hydrogens is 644 g/mol. The van der Waals surface area contributed by atoms with Gasteiger partial charge >= 0.3 is 5.97 Å². The van der Waals surface area contributed by atoms with Crippen molar-refractivity contribution in [1.29, 1.82) is 0 Å². The Kier molecular flexibility index (Phi) is 33.8. The smallest absolute Gasteiger partial charge is 0.305 e. The minimum absolute atomic E-state index is 0.163. The minimum Gasteiger partial charge on any atom is -0.491 e. The van der Waals surface area contributed by atoms with E-state index in [4.69, 9.17) is 56.8 Å². The zero-order chi connectivity index (χ0) is 35.1. The first-order valence-corrected chi connectivity index (χ1v) is 17.4. The van der Waals surface area contributed by atoms with Crippen molar-refractivity contribution < 1.29 is 66.4 Å². The molecule has 0 spiro atoms. The lowest BCUT2D eigenvalue weighted by molar-refractivity contribution is -0.145. The molecule has 0 aliphatic heterocycles. The van der Waals surface area contributed by atoms with E-state index in [1.807, 2.05) is 0 Å². The van der Waals surface area contributed by atoms with Crippen molar-refractivity contribution in [2.24, 2.45) is 0 Å². The lowest BCUT2D eigenvalue weighted by Crippen LogP contribution is -2.15. The second-order valence-electron chi connectivity index (χ2n) is 10.3. The molecule has 0 heterocycles. The molecule has 1 aromatic carbocycles. The van der Waals surface area contributed by atoms with E-state index in [-0.39, 0.29) is 12.6 Å². The standard InChI is InChI=1S/C35H60O14/c1-2-3-4-5-35(37)49-31-29-47-27-25-45-23-21-43-19-17-41-15-13-39-11-10-38-12-14-40-16-18-42-20-22-44-24-26-46-28-30-48-34-8-6-33(32-36)7-9-34/h6-9,32H,2-5,10-31H2,1H3. The van der Waals surface area contributed by atoms with E-state index in [0.29, 0.717) is 156 Å². The van der Waals surface area contributed by atoms with Crippen LogP contribution in [-0.4, -0.2) is 158 Å². The van der Waals surface area contributed by atoms with Gasteiger partial charge in [-0.25, -0.2) is 0 Å². The van der Waals surface area contributed by atoms with Crippen LogP contribution in [0.1, 0.15) is 43.0 Å². The number of carbonyl (C=O) groups is 2. The van der Waals surface area contributed by atoms with Crippen LogP contribution < -0.4 is 4.74 Å². The van der Waals surface area contributed by atoms with Crippen LogP contribution in [0, 0.1) is 0 Å². The molecule has 0 aliphatic carbocycles. The lowest BCUT2D eigenvalue weighted by Gasteiger charge is -2.09. The van der Waals surface area contributed by atoms with Gasteiger partial charge < -0.3 is 56.8 Å². The van der Waals surface area contributed by atoms with Crippen LogP contribution in [-0.2, 0) is 56.9 Å². The average molecular weight is 705 g/mol. The molecule has 284 valence electrons. The van der Waals surface area contributed by atoms with Gasteiger partial charge in [-0.3, -0.25) is 9.59 Å². The molecule has 14 heteroatoms. The summed E-state index contributed by atoms with van der Waals surface area (Å²) in [4.78, 5) is 22.1. The van der Waals surface area contributed by atoms with Gasteiger partial charge in [0.1, 0.15) is 25.2 Å². The summed E-state index contributed by atoms with van der Waals surface area (Å²) in [5.74, 6) is 0.538. The van der Waals surface area contributed by atoms with Crippen molar-refractivity contribution in [1.82, 2.24) is 0 Å². The van der Waals surface area contributed by atoms with Gasteiger partial charge in [0.05, 0.1) is 132 Å². The summed E-state index contributed by atoms with van der Waals surface area (Å²) >= 11 is 0. The highest BCUT2D eigenvalue weighted by molar-refractivity contribution is 5.74. The van der Waals surface area contributed by atoms with E-state index >= 15 is 0 Å². The summed E-state index contributed by atoms with van der Waals surface area (Å²) in [5, 5.41) is 0. The number of unbranched alkanes of at least 4 members (excludes halogenated alkanes) is 2. The van der Waals surface area contributed by atoms with Crippen molar-refractivity contribution in [2.75, 3.05) is 145 Å². The molecule has 0 N–H and O–H groups in total. The average Bonchev–Trinajstić information content (AvgIpc) is 3.12. The molecule has 1 aromatic rings. The van der Waals surface area contributed by atoms with Crippen LogP contribution in [0.5, 0.6) is 5.75 Å². The molecule has 0 bridgehead atoms. The van der Waals surface area contributed by atoms with E-state index in [1.165, 1.54) is 0 Å². The van der Waals surface area contributed by atoms with Crippen LogP contribution in [0.2, 0.25) is 0 Å². The Morgan fingerprint density at radius 1 is 0.469 bits per heavy atom. The number of hydrogen-bond donors (Lipinski definition) is 0. The van der Waals surface area contributed by atoms with Crippen LogP contribution in [0.25, 0.3) is 0 Å². The van der Waals surface area contributed by atoms with Crippen molar-refractivity contribution in [3.63, 3.8) is 0 Å². The molecule has 0 atom stereocenters. The van der Waals surface area contributed by atoms with Crippen molar-refractivity contribution in [2.45, 2.75) is 32.6 Å². The van der Waals surface area contributed by atoms with Crippen molar-refractivity contribution in [3.05, 3.63) is 29.8 Å². The van der Waals surface area contributed by atoms with E-state index in [9.17, 15) is 9.59 Å². The largest absolute Gasteiger partial charge is 0.491 e. The van der Waals surface area contributed by atoms with E-state index in [0.717, 1.165) is 25.5 Å². The molecule has 0 radical (unpaired) electrons. The monoisotopic (exact) mass is 704 g/mol. The van der Waals surface area contributed by atoms with E-state index in [2.05, 4.69) is 6.92 Å². The van der Waals surface area contributed by atoms with E-state index in [1.54, 1.807) is 24.3 Å². The molecule has 0 aromatic heterocycles. The van der Waals surface area contributed by atoms with Crippen LogP contribution in [0.4, 0.5) is 0 Å². The third-order valence-corrected chi connectivity index (χ3v) is 6.34. The normalized spacial score (nSPS) is 11.2. The SMILES string of the molecule is CCCCCC(=O)OCCOCCOCCOCCOCCOCCOCCOCCOCCOCCOCCOc1ccc(C=O)cc1. The molecule has 14 nitrogen and oxygen atoms in total. The first kappa shape index (κ1) is 44.8. The zero-order valence-corrected chi connectivity index (χ0v) is 29.5. The second kappa shape index (κ2) is 37.0. The van der Waals surface area contributed by atoms with Gasteiger partial charge in [0.15, 0.2) is 0 Å². The summed E-state index contributed by atoms with van der Waals surface area (Å²) in [6.07, 6.45) is 4.28. The van der Waals surface area contributed by atoms with Gasteiger partial charge in [-0.1, -0.05) is 19.8 Å². The van der Waals surface area contributed by atoms with Gasteiger partial charge in [-0.05, 0) is 30.7 Å². The molecule has 0 unspecified atom stereocenters. The molecule has 0 amide bonds. The number of benzene rings is 1. The number of aldehydes is 1. The number of carbonyl (C=O) groups excluding carboxylic acids is 2. The van der Waals surface area contributed by atoms with Crippen LogP contribution >= 0.6 is 0 Å². The first-order chi connectivity index (χ1) is 24.3. The van der Waals surface area contributed by atoms with Crippen LogP contribution in [0.3, 0.4) is 0 Å². The molecule has 1 rings (SSSR count). The fourth-order valence-corrected chi connectivity index (χ4v) is 3.75. The summed E-state index contributed by atoms with van der Waals surface area (Å²) in [5.41, 5.74) is 0.615. The molecular formula is C35H60O14. The maximum absolute atomic E-state index is 11.5. The summed E-state index contributed by atoms with van der Waals surface area (Å²) in [7, 11) is 0.